The SMILES string of the molecule is O=S([O-])CC1(F)CC1. The normalized spacial score (nSPS) is 27.2. The van der Waals surface area contributed by atoms with Crippen molar-refractivity contribution < 1.29 is 13.2 Å². The van der Waals surface area contributed by atoms with Gasteiger partial charge < -0.3 is 4.55 Å². The van der Waals surface area contributed by atoms with Crippen molar-refractivity contribution in [3.63, 3.8) is 0 Å². The van der Waals surface area contributed by atoms with Gasteiger partial charge in [-0.25, -0.2) is 4.39 Å². The van der Waals surface area contributed by atoms with Crippen molar-refractivity contribution in [3.8, 4) is 0 Å². The fourth-order valence-corrected chi connectivity index (χ4v) is 1.20. The van der Waals surface area contributed by atoms with Crippen molar-refractivity contribution in [1.82, 2.24) is 0 Å². The Labute approximate surface area is 49.4 Å². The second-order valence-corrected chi connectivity index (χ2v) is 3.00. The Morgan fingerprint density at radius 2 is 2.25 bits per heavy atom. The maximum atomic E-state index is 12.4. The third-order valence-electron chi connectivity index (χ3n) is 1.17. The van der Waals surface area contributed by atoms with E-state index in [-0.39, 0.29) is 5.75 Å². The molecule has 8 heavy (non-hydrogen) atoms. The largest absolute Gasteiger partial charge is 0.772 e. The molecule has 1 unspecified atom stereocenters. The molecule has 0 aliphatic heterocycles. The second-order valence-electron chi connectivity index (χ2n) is 2.10. The maximum Gasteiger partial charge on any atom is 0.121 e. The average molecular weight is 137 g/mol. The summed E-state index contributed by atoms with van der Waals surface area (Å²) in [6, 6.07) is 0. The third-order valence-corrected chi connectivity index (χ3v) is 1.92. The van der Waals surface area contributed by atoms with Crippen molar-refractivity contribution in [2.75, 3.05) is 5.75 Å². The van der Waals surface area contributed by atoms with Crippen LogP contribution in [-0.2, 0) is 11.1 Å². The van der Waals surface area contributed by atoms with Crippen LogP contribution in [0.25, 0.3) is 0 Å². The first-order valence-electron chi connectivity index (χ1n) is 2.37. The maximum absolute atomic E-state index is 12.4. The lowest BCUT2D eigenvalue weighted by molar-refractivity contribution is 0.338. The molecule has 48 valence electrons. The van der Waals surface area contributed by atoms with Crippen molar-refractivity contribution in [3.05, 3.63) is 0 Å². The summed E-state index contributed by atoms with van der Waals surface area (Å²) < 4.78 is 32.0. The quantitative estimate of drug-likeness (QED) is 0.516. The monoisotopic (exact) mass is 137 g/mol. The van der Waals surface area contributed by atoms with Gasteiger partial charge in [0.1, 0.15) is 5.67 Å². The molecule has 2 nitrogen and oxygen atoms in total. The van der Waals surface area contributed by atoms with Crippen LogP contribution in [0, 0.1) is 0 Å². The van der Waals surface area contributed by atoms with E-state index in [0.717, 1.165) is 0 Å². The smallest absolute Gasteiger partial charge is 0.121 e. The van der Waals surface area contributed by atoms with E-state index in [1.807, 2.05) is 0 Å². The minimum absolute atomic E-state index is 0.312. The molecular weight excluding hydrogens is 131 g/mol. The molecule has 0 heterocycles. The molecule has 0 aromatic heterocycles. The summed E-state index contributed by atoms with van der Waals surface area (Å²) in [5.74, 6) is -0.312. The van der Waals surface area contributed by atoms with Crippen molar-refractivity contribution in [2.45, 2.75) is 18.5 Å². The van der Waals surface area contributed by atoms with E-state index in [2.05, 4.69) is 0 Å². The van der Waals surface area contributed by atoms with Crippen LogP contribution >= 0.6 is 0 Å². The average Bonchev–Trinajstić information content (AvgIpc) is 2.17. The molecular formula is C4H6FO2S-. The van der Waals surface area contributed by atoms with Crippen LogP contribution in [0.4, 0.5) is 4.39 Å². The molecule has 1 atom stereocenters. The zero-order chi connectivity index (χ0) is 6.20. The minimum atomic E-state index is -2.20. The van der Waals surface area contributed by atoms with Gasteiger partial charge in [0.05, 0.1) is 0 Å². The first-order valence-corrected chi connectivity index (χ1v) is 3.62. The fourth-order valence-electron chi connectivity index (χ4n) is 0.491. The molecule has 0 N–H and O–H groups in total. The van der Waals surface area contributed by atoms with Crippen LogP contribution in [0.1, 0.15) is 12.8 Å². The highest BCUT2D eigenvalue weighted by atomic mass is 32.2. The van der Waals surface area contributed by atoms with E-state index in [1.165, 1.54) is 0 Å². The van der Waals surface area contributed by atoms with Crippen LogP contribution in [0.15, 0.2) is 0 Å². The Bertz CT molecular complexity index is 121. The van der Waals surface area contributed by atoms with E-state index < -0.39 is 16.7 Å². The number of hydrogen-bond acceptors (Lipinski definition) is 2. The van der Waals surface area contributed by atoms with Crippen molar-refractivity contribution in [1.29, 1.82) is 0 Å². The van der Waals surface area contributed by atoms with Gasteiger partial charge >= 0.3 is 0 Å². The number of rotatable bonds is 2. The molecule has 1 aliphatic carbocycles. The van der Waals surface area contributed by atoms with Crippen molar-refractivity contribution in [2.24, 2.45) is 0 Å². The summed E-state index contributed by atoms with van der Waals surface area (Å²) in [7, 11) is 0. The summed E-state index contributed by atoms with van der Waals surface area (Å²) in [6.07, 6.45) is 0.835. The Kier molecular flexibility index (Phi) is 1.37. The van der Waals surface area contributed by atoms with Gasteiger partial charge in [0.25, 0.3) is 0 Å². The molecule has 4 heteroatoms. The van der Waals surface area contributed by atoms with Crippen LogP contribution in [0.3, 0.4) is 0 Å². The highest BCUT2D eigenvalue weighted by Crippen LogP contribution is 2.39. The molecule has 0 amide bonds. The van der Waals surface area contributed by atoms with Crippen LogP contribution in [-0.4, -0.2) is 20.2 Å². The van der Waals surface area contributed by atoms with E-state index in [4.69, 9.17) is 0 Å². The standard InChI is InChI=1S/C4H7FO2S/c5-4(1-2-4)3-8(6)7/h1-3H2,(H,6,7)/p-1. The molecule has 0 radical (unpaired) electrons. The van der Waals surface area contributed by atoms with Crippen LogP contribution < -0.4 is 0 Å². The fraction of sp³-hybridized carbons (Fsp3) is 1.00. The molecule has 0 aromatic rings. The first-order chi connectivity index (χ1) is 3.62. The lowest BCUT2D eigenvalue weighted by Gasteiger charge is -2.05. The van der Waals surface area contributed by atoms with E-state index in [1.54, 1.807) is 0 Å². The van der Waals surface area contributed by atoms with Crippen molar-refractivity contribution >= 4 is 11.1 Å². The lowest BCUT2D eigenvalue weighted by Crippen LogP contribution is -2.11. The predicted molar refractivity (Wildman–Crippen MR) is 26.9 cm³/mol. The molecule has 1 aliphatic rings. The van der Waals surface area contributed by atoms with E-state index in [9.17, 15) is 13.2 Å². The summed E-state index contributed by atoms with van der Waals surface area (Å²) in [5.41, 5.74) is -1.34. The lowest BCUT2D eigenvalue weighted by atomic mass is 10.5. The molecule has 1 rings (SSSR count). The Balaban J connectivity index is 2.29. The number of alkyl halides is 1. The van der Waals surface area contributed by atoms with Gasteiger partial charge in [-0.3, -0.25) is 4.21 Å². The molecule has 1 fully saturated rings. The molecule has 0 bridgehead atoms. The first kappa shape index (κ1) is 6.16. The Hall–Kier alpha value is 0.0400. The summed E-state index contributed by atoms with van der Waals surface area (Å²) in [5, 5.41) is 0. The third kappa shape index (κ3) is 1.52. The van der Waals surface area contributed by atoms with Gasteiger partial charge in [-0.1, -0.05) is 11.1 Å². The van der Waals surface area contributed by atoms with Gasteiger partial charge in [-0.05, 0) is 12.8 Å². The zero-order valence-electron chi connectivity index (χ0n) is 4.22. The van der Waals surface area contributed by atoms with Gasteiger partial charge in [0.2, 0.25) is 0 Å². The minimum Gasteiger partial charge on any atom is -0.772 e. The van der Waals surface area contributed by atoms with Gasteiger partial charge in [0.15, 0.2) is 0 Å². The molecule has 0 aromatic carbocycles. The molecule has 1 saturated carbocycles. The molecule has 0 saturated heterocycles. The van der Waals surface area contributed by atoms with Crippen LogP contribution in [0.5, 0.6) is 0 Å². The topological polar surface area (TPSA) is 40.1 Å². The van der Waals surface area contributed by atoms with Crippen LogP contribution in [0.2, 0.25) is 0 Å². The highest BCUT2D eigenvalue weighted by molar-refractivity contribution is 7.79. The van der Waals surface area contributed by atoms with Gasteiger partial charge in [-0.15, -0.1) is 0 Å². The number of hydrogen-bond donors (Lipinski definition) is 0. The number of halogens is 1. The zero-order valence-corrected chi connectivity index (χ0v) is 5.04. The predicted octanol–water partition coefficient (Wildman–Crippen LogP) is 0.368. The summed E-state index contributed by atoms with van der Waals surface area (Å²) in [6.45, 7) is 0. The Morgan fingerprint density at radius 3 is 2.38 bits per heavy atom. The molecule has 0 spiro atoms. The second kappa shape index (κ2) is 1.77. The van der Waals surface area contributed by atoms with E-state index in [0.29, 0.717) is 12.8 Å². The van der Waals surface area contributed by atoms with E-state index >= 15 is 0 Å². The summed E-state index contributed by atoms with van der Waals surface area (Å²) >= 11 is -2.20. The van der Waals surface area contributed by atoms with Gasteiger partial charge in [-0.2, -0.15) is 0 Å². The summed E-state index contributed by atoms with van der Waals surface area (Å²) in [4.78, 5) is 0. The Morgan fingerprint density at radius 1 is 1.75 bits per heavy atom. The van der Waals surface area contributed by atoms with Gasteiger partial charge in [0, 0.05) is 5.75 Å². The highest BCUT2D eigenvalue weighted by Gasteiger charge is 2.42.